The van der Waals surface area contributed by atoms with Crippen molar-refractivity contribution in [1.29, 1.82) is 0 Å². The van der Waals surface area contributed by atoms with E-state index in [2.05, 4.69) is 38.1 Å². The molecule has 0 aliphatic rings. The number of carboxylic acid groups (broad SMARTS) is 1. The van der Waals surface area contributed by atoms with Gasteiger partial charge in [0.2, 0.25) is 0 Å². The summed E-state index contributed by atoms with van der Waals surface area (Å²) in [4.78, 5) is 9.00. The molecule has 0 spiro atoms. The van der Waals surface area contributed by atoms with E-state index >= 15 is 0 Å². The molecule has 1 aromatic carbocycles. The fourth-order valence-electron chi connectivity index (χ4n) is 1.01. The van der Waals surface area contributed by atoms with Gasteiger partial charge in [0.15, 0.2) is 0 Å². The summed E-state index contributed by atoms with van der Waals surface area (Å²) in [6, 6.07) is 8.49. The van der Waals surface area contributed by atoms with Crippen LogP contribution in [0.3, 0.4) is 0 Å². The third-order valence-corrected chi connectivity index (χ3v) is 1.64. The van der Waals surface area contributed by atoms with Crippen LogP contribution in [0.4, 0.5) is 0 Å². The maximum Gasteiger partial charge on any atom is 0.300 e. The van der Waals surface area contributed by atoms with Gasteiger partial charge in [-0.3, -0.25) is 4.79 Å². The normalized spacial score (nSPS) is 8.54. The Morgan fingerprint density at radius 2 is 1.85 bits per heavy atom. The van der Waals surface area contributed by atoms with Crippen LogP contribution < -0.4 is 0 Å². The second-order valence-electron chi connectivity index (χ2n) is 2.80. The molecule has 0 saturated heterocycles. The molecule has 0 heterocycles. The highest BCUT2D eigenvalue weighted by Gasteiger charge is 1.89. The minimum atomic E-state index is -0.833. The first-order chi connectivity index (χ1) is 6.07. The van der Waals surface area contributed by atoms with Gasteiger partial charge < -0.3 is 5.11 Å². The van der Waals surface area contributed by atoms with Crippen molar-refractivity contribution in [3.05, 3.63) is 35.4 Å². The van der Waals surface area contributed by atoms with Crippen molar-refractivity contribution in [2.45, 2.75) is 27.2 Å². The van der Waals surface area contributed by atoms with Crippen molar-refractivity contribution in [3.63, 3.8) is 0 Å². The van der Waals surface area contributed by atoms with E-state index < -0.39 is 5.97 Å². The summed E-state index contributed by atoms with van der Waals surface area (Å²) in [5.41, 5.74) is 2.86. The third kappa shape index (κ3) is 5.91. The Morgan fingerprint density at radius 1 is 1.38 bits per heavy atom. The quantitative estimate of drug-likeness (QED) is 0.721. The van der Waals surface area contributed by atoms with Crippen molar-refractivity contribution in [3.8, 4) is 0 Å². The number of aliphatic carboxylic acids is 1. The molecule has 0 fully saturated rings. The van der Waals surface area contributed by atoms with Crippen LogP contribution in [0.25, 0.3) is 0 Å². The Balaban J connectivity index is 0.000000310. The zero-order chi connectivity index (χ0) is 10.3. The van der Waals surface area contributed by atoms with Crippen LogP contribution in [0.2, 0.25) is 0 Å². The van der Waals surface area contributed by atoms with Crippen molar-refractivity contribution < 1.29 is 9.90 Å². The molecule has 0 aliphatic heterocycles. The van der Waals surface area contributed by atoms with Crippen molar-refractivity contribution >= 4 is 5.97 Å². The molecule has 0 amide bonds. The van der Waals surface area contributed by atoms with E-state index in [0.29, 0.717) is 0 Å². The minimum Gasteiger partial charge on any atom is -0.481 e. The first-order valence-corrected chi connectivity index (χ1v) is 4.32. The van der Waals surface area contributed by atoms with Crippen molar-refractivity contribution in [2.75, 3.05) is 0 Å². The van der Waals surface area contributed by atoms with E-state index in [1.165, 1.54) is 11.1 Å². The van der Waals surface area contributed by atoms with Crippen molar-refractivity contribution in [2.24, 2.45) is 0 Å². The minimum absolute atomic E-state index is 0.833. The Hall–Kier alpha value is -1.31. The lowest BCUT2D eigenvalue weighted by atomic mass is 10.1. The van der Waals surface area contributed by atoms with E-state index in [9.17, 15) is 0 Å². The van der Waals surface area contributed by atoms with Crippen LogP contribution in [-0.4, -0.2) is 11.1 Å². The molecule has 1 aromatic rings. The average molecular weight is 180 g/mol. The van der Waals surface area contributed by atoms with Crippen molar-refractivity contribution in [1.82, 2.24) is 0 Å². The highest BCUT2D eigenvalue weighted by Crippen LogP contribution is 2.06. The molecule has 2 nitrogen and oxygen atoms in total. The molecule has 0 saturated carbocycles. The first-order valence-electron chi connectivity index (χ1n) is 4.32. The SMILES string of the molecule is CC(=O)O.CCc1ccccc1C. The van der Waals surface area contributed by atoms with Crippen LogP contribution in [-0.2, 0) is 11.2 Å². The molecular formula is C11H16O2. The fraction of sp³-hybridized carbons (Fsp3) is 0.364. The number of hydrogen-bond acceptors (Lipinski definition) is 1. The molecule has 13 heavy (non-hydrogen) atoms. The summed E-state index contributed by atoms with van der Waals surface area (Å²) in [6.07, 6.45) is 1.15. The van der Waals surface area contributed by atoms with Gasteiger partial charge in [0, 0.05) is 6.92 Å². The zero-order valence-electron chi connectivity index (χ0n) is 8.37. The second-order valence-corrected chi connectivity index (χ2v) is 2.80. The van der Waals surface area contributed by atoms with Crippen LogP contribution in [0.1, 0.15) is 25.0 Å². The lowest BCUT2D eigenvalue weighted by Crippen LogP contribution is -1.82. The van der Waals surface area contributed by atoms with Gasteiger partial charge in [-0.25, -0.2) is 0 Å². The lowest BCUT2D eigenvalue weighted by molar-refractivity contribution is -0.134. The van der Waals surface area contributed by atoms with Gasteiger partial charge in [-0.15, -0.1) is 0 Å². The summed E-state index contributed by atoms with van der Waals surface area (Å²) in [5.74, 6) is -0.833. The molecule has 0 bridgehead atoms. The number of aryl methyl sites for hydroxylation is 2. The van der Waals surface area contributed by atoms with Gasteiger partial charge in [0.25, 0.3) is 5.97 Å². The highest BCUT2D eigenvalue weighted by molar-refractivity contribution is 5.62. The molecule has 0 unspecified atom stereocenters. The van der Waals surface area contributed by atoms with E-state index in [1.54, 1.807) is 0 Å². The molecule has 1 rings (SSSR count). The Morgan fingerprint density at radius 3 is 2.15 bits per heavy atom. The number of carbonyl (C=O) groups is 1. The maximum absolute atomic E-state index is 9.00. The standard InChI is InChI=1S/C9H12.C2H4O2/c1-3-9-7-5-4-6-8(9)2;1-2(3)4/h4-7H,3H2,1-2H3;1H3,(H,3,4). The van der Waals surface area contributed by atoms with E-state index in [-0.39, 0.29) is 0 Å². The average Bonchev–Trinajstić information content (AvgIpc) is 2.04. The van der Waals surface area contributed by atoms with Crippen LogP contribution >= 0.6 is 0 Å². The highest BCUT2D eigenvalue weighted by atomic mass is 16.4. The second kappa shape index (κ2) is 6.23. The molecule has 0 aliphatic carbocycles. The number of benzene rings is 1. The summed E-state index contributed by atoms with van der Waals surface area (Å²) < 4.78 is 0. The molecule has 2 heteroatoms. The van der Waals surface area contributed by atoms with Crippen LogP contribution in [0, 0.1) is 6.92 Å². The molecule has 0 atom stereocenters. The predicted octanol–water partition coefficient (Wildman–Crippen LogP) is 2.65. The lowest BCUT2D eigenvalue weighted by Gasteiger charge is -1.98. The Labute approximate surface area is 79.2 Å². The summed E-state index contributed by atoms with van der Waals surface area (Å²) in [6.45, 7) is 5.42. The molecule has 0 radical (unpaired) electrons. The van der Waals surface area contributed by atoms with Gasteiger partial charge in [-0.05, 0) is 24.5 Å². The zero-order valence-corrected chi connectivity index (χ0v) is 8.37. The third-order valence-electron chi connectivity index (χ3n) is 1.64. The Kier molecular flexibility index (Phi) is 5.60. The van der Waals surface area contributed by atoms with E-state index in [1.807, 2.05) is 0 Å². The topological polar surface area (TPSA) is 37.3 Å². The molecule has 0 aromatic heterocycles. The molecule has 72 valence electrons. The maximum atomic E-state index is 9.00. The van der Waals surface area contributed by atoms with Crippen LogP contribution in [0.15, 0.2) is 24.3 Å². The van der Waals surface area contributed by atoms with Crippen LogP contribution in [0.5, 0.6) is 0 Å². The number of carboxylic acids is 1. The van der Waals surface area contributed by atoms with E-state index in [0.717, 1.165) is 13.3 Å². The predicted molar refractivity (Wildman–Crippen MR) is 53.9 cm³/mol. The van der Waals surface area contributed by atoms with Gasteiger partial charge in [-0.1, -0.05) is 31.2 Å². The van der Waals surface area contributed by atoms with Gasteiger partial charge in [0.05, 0.1) is 0 Å². The smallest absolute Gasteiger partial charge is 0.300 e. The summed E-state index contributed by atoms with van der Waals surface area (Å²) >= 11 is 0. The first kappa shape index (κ1) is 11.7. The van der Waals surface area contributed by atoms with E-state index in [4.69, 9.17) is 9.90 Å². The van der Waals surface area contributed by atoms with Gasteiger partial charge in [-0.2, -0.15) is 0 Å². The monoisotopic (exact) mass is 180 g/mol. The number of hydrogen-bond donors (Lipinski definition) is 1. The Bertz CT molecular complexity index is 263. The number of rotatable bonds is 1. The fourth-order valence-corrected chi connectivity index (χ4v) is 1.01. The molecule has 1 N–H and O–H groups in total. The van der Waals surface area contributed by atoms with Gasteiger partial charge in [0.1, 0.15) is 0 Å². The summed E-state index contributed by atoms with van der Waals surface area (Å²) in [7, 11) is 0. The largest absolute Gasteiger partial charge is 0.481 e. The van der Waals surface area contributed by atoms with Gasteiger partial charge >= 0.3 is 0 Å². The summed E-state index contributed by atoms with van der Waals surface area (Å²) in [5, 5.41) is 7.42. The molecular weight excluding hydrogens is 164 g/mol.